The fourth-order valence-corrected chi connectivity index (χ4v) is 15.7. The highest BCUT2D eigenvalue weighted by molar-refractivity contribution is 6.01. The average molecular weight is 1560 g/mol. The second-order valence-electron chi connectivity index (χ2n) is 30.3. The Balaban J connectivity index is 1.23. The van der Waals surface area contributed by atoms with Gasteiger partial charge in [-0.15, -0.1) is 0 Å². The molecule has 6 aliphatic rings. The van der Waals surface area contributed by atoms with Crippen LogP contribution in [-0.4, -0.2) is 263 Å². The Morgan fingerprint density at radius 3 is 1.85 bits per heavy atom. The van der Waals surface area contributed by atoms with Crippen LogP contribution in [0.15, 0.2) is 48.6 Å². The van der Waals surface area contributed by atoms with Gasteiger partial charge in [-0.2, -0.15) is 26.3 Å². The number of carbonyl (C=O) groups is 12. The van der Waals surface area contributed by atoms with Gasteiger partial charge in [0.2, 0.25) is 70.9 Å². The van der Waals surface area contributed by atoms with Gasteiger partial charge in [0, 0.05) is 87.9 Å². The molecule has 0 radical (unpaired) electrons. The first-order chi connectivity index (χ1) is 51.8. The molecule has 0 aromatic heterocycles. The Bertz CT molecular complexity index is 3710. The van der Waals surface area contributed by atoms with Crippen molar-refractivity contribution in [2.75, 3.05) is 88.2 Å². The summed E-state index contributed by atoms with van der Waals surface area (Å²) in [5.41, 5.74) is -5.24. The normalized spacial score (nSPS) is 26.5. The molecule has 33 heteroatoms. The van der Waals surface area contributed by atoms with Gasteiger partial charge in [0.05, 0.1) is 31.2 Å². The molecular formula is C77H106F8N12O13. The molecule has 5 fully saturated rings. The van der Waals surface area contributed by atoms with Crippen LogP contribution in [-0.2, 0) is 87.5 Å². The lowest BCUT2D eigenvalue weighted by Gasteiger charge is -2.47. The highest BCUT2D eigenvalue weighted by Crippen LogP contribution is 2.40. The molecule has 3 heterocycles. The Morgan fingerprint density at radius 1 is 0.655 bits per heavy atom. The molecule has 608 valence electrons. The number of halogens is 8. The van der Waals surface area contributed by atoms with Crippen LogP contribution < -0.4 is 16.0 Å². The van der Waals surface area contributed by atoms with Gasteiger partial charge in [-0.1, -0.05) is 70.2 Å². The summed E-state index contributed by atoms with van der Waals surface area (Å²) in [7, 11) is 7.94. The standard InChI is InChI=1S/C77H106F8N12O13/c1-12-45(5)64-72(107)90(7)44-62(100)91(8)55-24-17-16-20-35-96(71(55)106)59(39-47-27-30-50(31-28-47)76(80,81)82)69(104)89(6)43-60(98)86-54(32-29-48-36-52(78)63(53(79)37-48)77(83,84)85)68(103)97-42-51(110-15-4)40-57(97)67(102)88-75(33-21-34-75)74(109)94(11)65(49-22-18-19-23-49)73(108)93(10)58(70(105)95(13-2)14-3)41-61(99)92(9)56(66(101)87-64)38-46-25-26-46/h16-17,27-28,30-31,36-37,45-46,49,51,54-59,64-65H,12-15,18-26,29,32-35,38-44H2,1-11H3,(H,86,98)(H,87,101)(H,88,102)/b17-16-/t45-,51+,54-,55+,56-,57-,58-,59-,64-,65-/m0/s1. The fraction of sp³-hybridized carbons (Fsp3) is 0.662. The van der Waals surface area contributed by atoms with Crippen LogP contribution in [0.1, 0.15) is 160 Å². The second kappa shape index (κ2) is 37.0. The molecule has 3 aliphatic heterocycles. The summed E-state index contributed by atoms with van der Waals surface area (Å²) >= 11 is 0. The van der Waals surface area contributed by atoms with Crippen LogP contribution in [0.2, 0.25) is 0 Å². The van der Waals surface area contributed by atoms with Gasteiger partial charge >= 0.3 is 12.4 Å². The summed E-state index contributed by atoms with van der Waals surface area (Å²) in [5, 5.41) is 8.34. The lowest BCUT2D eigenvalue weighted by atomic mass is 9.74. The monoisotopic (exact) mass is 1560 g/mol. The summed E-state index contributed by atoms with van der Waals surface area (Å²) in [6, 6.07) is -7.17. The number of fused-ring (bicyclic) bond motifs is 3. The van der Waals surface area contributed by atoms with E-state index in [0.29, 0.717) is 50.7 Å². The molecule has 2 aromatic rings. The maximum atomic E-state index is 15.7. The van der Waals surface area contributed by atoms with Gasteiger partial charge in [0.25, 0.3) is 0 Å². The van der Waals surface area contributed by atoms with E-state index >= 15 is 42.3 Å². The van der Waals surface area contributed by atoms with E-state index in [1.54, 1.807) is 46.8 Å². The van der Waals surface area contributed by atoms with E-state index in [1.807, 2.05) is 0 Å². The van der Waals surface area contributed by atoms with Gasteiger partial charge in [0.15, 0.2) is 0 Å². The van der Waals surface area contributed by atoms with Gasteiger partial charge < -0.3 is 64.8 Å². The minimum Gasteiger partial charge on any atom is -0.377 e. The molecule has 2 saturated heterocycles. The van der Waals surface area contributed by atoms with Crippen molar-refractivity contribution in [1.82, 2.24) is 60.0 Å². The molecule has 3 saturated carbocycles. The second-order valence-corrected chi connectivity index (χ2v) is 30.3. The van der Waals surface area contributed by atoms with Crippen LogP contribution >= 0.6 is 0 Å². The number of aryl methyl sites for hydroxylation is 1. The van der Waals surface area contributed by atoms with Crippen molar-refractivity contribution < 1.29 is 97.4 Å². The van der Waals surface area contributed by atoms with Crippen LogP contribution in [0, 0.1) is 29.4 Å². The quantitative estimate of drug-likeness (QED) is 0.131. The molecule has 2 aromatic carbocycles. The van der Waals surface area contributed by atoms with E-state index in [4.69, 9.17) is 4.74 Å². The average Bonchev–Trinajstić information content (AvgIpc) is 1.17. The first-order valence-corrected chi connectivity index (χ1v) is 38.2. The third-order valence-corrected chi connectivity index (χ3v) is 22.9. The van der Waals surface area contributed by atoms with Crippen molar-refractivity contribution in [2.24, 2.45) is 17.8 Å². The molecule has 1 spiro atoms. The zero-order valence-corrected chi connectivity index (χ0v) is 64.6. The first kappa shape index (κ1) is 86.8. The molecule has 3 N–H and O–H groups in total. The lowest BCUT2D eigenvalue weighted by molar-refractivity contribution is -0.158. The van der Waals surface area contributed by atoms with Gasteiger partial charge in [-0.3, -0.25) is 57.5 Å². The first-order valence-electron chi connectivity index (χ1n) is 38.2. The van der Waals surface area contributed by atoms with Crippen LogP contribution in [0.4, 0.5) is 35.1 Å². The van der Waals surface area contributed by atoms with Crippen molar-refractivity contribution in [1.29, 1.82) is 0 Å². The van der Waals surface area contributed by atoms with Crippen molar-refractivity contribution in [3.63, 3.8) is 0 Å². The molecule has 10 atom stereocenters. The van der Waals surface area contributed by atoms with Crippen molar-refractivity contribution >= 4 is 70.9 Å². The van der Waals surface area contributed by atoms with Crippen molar-refractivity contribution in [2.45, 2.75) is 223 Å². The number of likely N-dealkylation sites (N-methyl/N-ethyl adjacent to an activating group) is 7. The number of nitrogens with zero attached hydrogens (tertiary/aromatic N) is 9. The van der Waals surface area contributed by atoms with Crippen LogP contribution in [0.5, 0.6) is 0 Å². The molecule has 2 bridgehead atoms. The van der Waals surface area contributed by atoms with Crippen LogP contribution in [0.3, 0.4) is 0 Å². The maximum absolute atomic E-state index is 15.7. The molecular weight excluding hydrogens is 1450 g/mol. The van der Waals surface area contributed by atoms with E-state index in [1.165, 1.54) is 49.9 Å². The van der Waals surface area contributed by atoms with Gasteiger partial charge in [-0.25, -0.2) is 8.78 Å². The van der Waals surface area contributed by atoms with E-state index in [2.05, 4.69) is 16.0 Å². The van der Waals surface area contributed by atoms with Crippen LogP contribution in [0.25, 0.3) is 0 Å². The molecule has 0 unspecified atom stereocenters. The van der Waals surface area contributed by atoms with Crippen molar-refractivity contribution in [3.8, 4) is 0 Å². The summed E-state index contributed by atoms with van der Waals surface area (Å²) in [6.07, 6.45) is -5.76. The zero-order valence-electron chi connectivity index (χ0n) is 64.6. The Hall–Kier alpha value is -8.78. The van der Waals surface area contributed by atoms with E-state index in [0.717, 1.165) is 73.6 Å². The number of rotatable bonds is 15. The summed E-state index contributed by atoms with van der Waals surface area (Å²) in [6.45, 7) is 6.76. The van der Waals surface area contributed by atoms with E-state index in [-0.39, 0.29) is 82.8 Å². The summed E-state index contributed by atoms with van der Waals surface area (Å²) in [5.74, 6) is -14.9. The number of benzene rings is 2. The minimum atomic E-state index is -5.46. The number of ether oxygens (including phenoxy) is 1. The Morgan fingerprint density at radius 2 is 1.28 bits per heavy atom. The third kappa shape index (κ3) is 20.5. The Labute approximate surface area is 636 Å². The van der Waals surface area contributed by atoms with Crippen molar-refractivity contribution in [3.05, 3.63) is 82.4 Å². The SMILES string of the molecule is CCO[C@@H]1C[C@H]2C(=O)NC3(CCC3)C(=O)N(C)[C@@H](C3CCCC3)C(=O)N(C)[C@H](C(=O)N(CC)CC)CC(=O)N(C)[C@@H](CC3CC3)C(=O)N[C@@H]([C@@H](C)CC)C(=O)N(C)CC(=O)N(C)[C@@H]3C/C=C\CCN(C3=O)[C@@H](Cc3ccc(C(F)(F)F)cc3)C(=O)N(C)CC(=O)N[C@@H](CCc3cc(F)c(C(F)(F)F)c(F)c3)C(=O)N2C1. The summed E-state index contributed by atoms with van der Waals surface area (Å²) in [4.78, 5) is 192. The number of carbonyl (C=O) groups excluding carboxylic acids is 12. The molecule has 110 heavy (non-hydrogen) atoms. The van der Waals surface area contributed by atoms with Gasteiger partial charge in [0.1, 0.15) is 71.1 Å². The largest absolute Gasteiger partial charge is 0.422 e. The summed E-state index contributed by atoms with van der Waals surface area (Å²) < 4.78 is 120. The minimum absolute atomic E-state index is 0.00691. The predicted octanol–water partition coefficient (Wildman–Crippen LogP) is 6.27. The Kier molecular flexibility index (Phi) is 29.2. The molecule has 8 rings (SSSR count). The smallest absolute Gasteiger partial charge is 0.377 e. The fourth-order valence-electron chi connectivity index (χ4n) is 15.7. The number of hydrogen-bond acceptors (Lipinski definition) is 13. The highest BCUT2D eigenvalue weighted by atomic mass is 19.4. The number of amides is 12. The van der Waals surface area contributed by atoms with Gasteiger partial charge in [-0.05, 0) is 138 Å². The number of nitrogens with one attached hydrogen (secondary N) is 3. The van der Waals surface area contributed by atoms with E-state index in [9.17, 15) is 50.3 Å². The number of alkyl halides is 6. The highest BCUT2D eigenvalue weighted by Gasteiger charge is 2.54. The molecule has 25 nitrogen and oxygen atoms in total. The molecule has 3 aliphatic carbocycles. The lowest BCUT2D eigenvalue weighted by Crippen LogP contribution is -2.68. The molecule has 12 amide bonds. The zero-order chi connectivity index (χ0) is 81.2. The predicted molar refractivity (Wildman–Crippen MR) is 386 cm³/mol. The third-order valence-electron chi connectivity index (χ3n) is 22.9. The number of hydrogen-bond donors (Lipinski definition) is 3. The van der Waals surface area contributed by atoms with E-state index < -0.39 is 222 Å². The topological polar surface area (TPSA) is 279 Å². The maximum Gasteiger partial charge on any atom is 0.422 e.